The number of carboxylic acid groups (broad SMARTS) is 1. The first-order chi connectivity index (χ1) is 8.24. The van der Waals surface area contributed by atoms with Crippen molar-refractivity contribution in [2.24, 2.45) is 0 Å². The fraction of sp³-hybridized carbons (Fsp3) is 0.700. The van der Waals surface area contributed by atoms with Crippen molar-refractivity contribution in [3.8, 4) is 0 Å². The summed E-state index contributed by atoms with van der Waals surface area (Å²) in [5.41, 5.74) is 0.740. The van der Waals surface area contributed by atoms with E-state index in [0.717, 1.165) is 25.1 Å². The first-order valence-corrected chi connectivity index (χ1v) is 5.67. The van der Waals surface area contributed by atoms with Crippen molar-refractivity contribution in [3.63, 3.8) is 0 Å². The molecular weight excluding hydrogens is 224 g/mol. The Morgan fingerprint density at radius 2 is 2.59 bits per heavy atom. The Labute approximate surface area is 98.8 Å². The van der Waals surface area contributed by atoms with Crippen LogP contribution in [0.5, 0.6) is 0 Å². The zero-order valence-corrected chi connectivity index (χ0v) is 9.50. The zero-order valence-electron chi connectivity index (χ0n) is 9.50. The van der Waals surface area contributed by atoms with Crippen LogP contribution >= 0.6 is 0 Å². The molecule has 1 aromatic heterocycles. The summed E-state index contributed by atoms with van der Waals surface area (Å²) in [4.78, 5) is 10.3. The van der Waals surface area contributed by atoms with E-state index in [9.17, 15) is 4.79 Å². The van der Waals surface area contributed by atoms with Crippen molar-refractivity contribution in [2.45, 2.75) is 32.0 Å². The van der Waals surface area contributed by atoms with Crippen LogP contribution < -0.4 is 5.32 Å². The maximum atomic E-state index is 10.3. The summed E-state index contributed by atoms with van der Waals surface area (Å²) in [6.07, 6.45) is 4.21. The van der Waals surface area contributed by atoms with Crippen LogP contribution in [0.1, 0.15) is 18.5 Å². The maximum absolute atomic E-state index is 10.3. The van der Waals surface area contributed by atoms with Crippen molar-refractivity contribution in [1.29, 1.82) is 0 Å². The van der Waals surface area contributed by atoms with Gasteiger partial charge in [-0.25, -0.2) is 4.68 Å². The lowest BCUT2D eigenvalue weighted by Gasteiger charge is -2.07. The zero-order chi connectivity index (χ0) is 12.1. The molecule has 0 amide bonds. The molecule has 0 saturated carbocycles. The summed E-state index contributed by atoms with van der Waals surface area (Å²) in [7, 11) is 0. The molecule has 0 spiro atoms. The van der Waals surface area contributed by atoms with Gasteiger partial charge >= 0.3 is 5.97 Å². The molecule has 17 heavy (non-hydrogen) atoms. The smallest absolute Gasteiger partial charge is 0.317 e. The van der Waals surface area contributed by atoms with Crippen molar-refractivity contribution >= 4 is 5.97 Å². The number of rotatable bonds is 6. The molecule has 2 heterocycles. The van der Waals surface area contributed by atoms with E-state index in [2.05, 4.69) is 15.6 Å². The normalized spacial score (nSPS) is 19.6. The van der Waals surface area contributed by atoms with E-state index >= 15 is 0 Å². The molecule has 7 heteroatoms. The lowest BCUT2D eigenvalue weighted by Crippen LogP contribution is -2.22. The van der Waals surface area contributed by atoms with Gasteiger partial charge in [0, 0.05) is 19.3 Å². The molecule has 0 aromatic carbocycles. The predicted octanol–water partition coefficient (Wildman–Crippen LogP) is -0.369. The molecule has 0 aliphatic carbocycles. The van der Waals surface area contributed by atoms with E-state index in [4.69, 9.17) is 9.84 Å². The highest BCUT2D eigenvalue weighted by molar-refractivity contribution is 5.68. The summed E-state index contributed by atoms with van der Waals surface area (Å²) in [6, 6.07) is 0. The van der Waals surface area contributed by atoms with Crippen LogP contribution in [0.2, 0.25) is 0 Å². The van der Waals surface area contributed by atoms with Crippen LogP contribution in [-0.2, 0) is 22.6 Å². The summed E-state index contributed by atoms with van der Waals surface area (Å²) in [5.74, 6) is -0.878. The van der Waals surface area contributed by atoms with Gasteiger partial charge in [0.2, 0.25) is 0 Å². The van der Waals surface area contributed by atoms with Gasteiger partial charge < -0.3 is 15.2 Å². The largest absolute Gasteiger partial charge is 0.480 e. The van der Waals surface area contributed by atoms with Gasteiger partial charge in [-0.2, -0.15) is 0 Å². The Morgan fingerprint density at radius 1 is 1.71 bits per heavy atom. The second-order valence-corrected chi connectivity index (χ2v) is 4.06. The van der Waals surface area contributed by atoms with E-state index in [1.807, 2.05) is 6.20 Å². The molecule has 1 unspecified atom stereocenters. The number of aromatic nitrogens is 3. The number of carboxylic acids is 1. The van der Waals surface area contributed by atoms with Gasteiger partial charge in [-0.15, -0.1) is 5.10 Å². The third kappa shape index (κ3) is 3.79. The summed E-state index contributed by atoms with van der Waals surface area (Å²) in [6.45, 7) is 1.88. The number of hydrogen-bond acceptors (Lipinski definition) is 5. The second kappa shape index (κ2) is 5.74. The minimum Gasteiger partial charge on any atom is -0.480 e. The lowest BCUT2D eigenvalue weighted by atomic mass is 10.2. The predicted molar refractivity (Wildman–Crippen MR) is 58.3 cm³/mol. The number of ether oxygens (including phenoxy) is 1. The first-order valence-electron chi connectivity index (χ1n) is 5.67. The Kier molecular flexibility index (Phi) is 4.05. The van der Waals surface area contributed by atoms with Gasteiger partial charge in [0.15, 0.2) is 0 Å². The van der Waals surface area contributed by atoms with E-state index in [1.54, 1.807) is 4.68 Å². The standard InChI is InChI=1S/C10H16N4O3/c15-10(16)5-11-4-8-6-14(13-12-8)7-9-2-1-3-17-9/h6,9,11H,1-5,7H2,(H,15,16). The quantitative estimate of drug-likeness (QED) is 0.705. The number of nitrogens with one attached hydrogen (secondary N) is 1. The van der Waals surface area contributed by atoms with Crippen LogP contribution in [0.15, 0.2) is 6.20 Å². The second-order valence-electron chi connectivity index (χ2n) is 4.06. The minimum absolute atomic E-state index is 0.0708. The van der Waals surface area contributed by atoms with Gasteiger partial charge in [-0.1, -0.05) is 5.21 Å². The summed E-state index contributed by atoms with van der Waals surface area (Å²) >= 11 is 0. The van der Waals surface area contributed by atoms with Crippen molar-refractivity contribution in [1.82, 2.24) is 20.3 Å². The molecule has 94 valence electrons. The molecule has 0 radical (unpaired) electrons. The van der Waals surface area contributed by atoms with E-state index in [-0.39, 0.29) is 12.6 Å². The minimum atomic E-state index is -0.878. The van der Waals surface area contributed by atoms with Crippen molar-refractivity contribution in [2.75, 3.05) is 13.2 Å². The van der Waals surface area contributed by atoms with Gasteiger partial charge in [0.25, 0.3) is 0 Å². The third-order valence-electron chi connectivity index (χ3n) is 2.58. The monoisotopic (exact) mass is 240 g/mol. The Hall–Kier alpha value is -1.47. The summed E-state index contributed by atoms with van der Waals surface area (Å²) < 4.78 is 7.24. The molecule has 2 N–H and O–H groups in total. The first kappa shape index (κ1) is 12.0. The molecule has 0 bridgehead atoms. The van der Waals surface area contributed by atoms with Gasteiger partial charge in [0.1, 0.15) is 0 Å². The maximum Gasteiger partial charge on any atom is 0.317 e. The van der Waals surface area contributed by atoms with E-state index in [1.165, 1.54) is 0 Å². The third-order valence-corrected chi connectivity index (χ3v) is 2.58. The molecule has 1 fully saturated rings. The van der Waals surface area contributed by atoms with Gasteiger partial charge in [-0.05, 0) is 12.8 Å². The van der Waals surface area contributed by atoms with E-state index in [0.29, 0.717) is 13.1 Å². The fourth-order valence-corrected chi connectivity index (χ4v) is 1.80. The number of aliphatic carboxylic acids is 1. The summed E-state index contributed by atoms with van der Waals surface area (Å²) in [5, 5.41) is 19.2. The molecule has 7 nitrogen and oxygen atoms in total. The molecule has 1 aliphatic heterocycles. The average Bonchev–Trinajstić information content (AvgIpc) is 2.90. The molecular formula is C10H16N4O3. The molecule has 1 aromatic rings. The number of carbonyl (C=O) groups is 1. The van der Waals surface area contributed by atoms with Crippen LogP contribution in [0.3, 0.4) is 0 Å². The molecule has 2 rings (SSSR count). The van der Waals surface area contributed by atoms with Crippen molar-refractivity contribution in [3.05, 3.63) is 11.9 Å². The number of nitrogens with zero attached hydrogens (tertiary/aromatic N) is 3. The molecule has 1 aliphatic rings. The van der Waals surface area contributed by atoms with Crippen LogP contribution in [-0.4, -0.2) is 45.3 Å². The fourth-order valence-electron chi connectivity index (χ4n) is 1.80. The van der Waals surface area contributed by atoms with Crippen molar-refractivity contribution < 1.29 is 14.6 Å². The lowest BCUT2D eigenvalue weighted by molar-refractivity contribution is -0.135. The Bertz CT molecular complexity index is 373. The topological polar surface area (TPSA) is 89.3 Å². The highest BCUT2D eigenvalue weighted by atomic mass is 16.5. The molecule has 1 atom stereocenters. The van der Waals surface area contributed by atoms with Crippen LogP contribution in [0.4, 0.5) is 0 Å². The molecule has 1 saturated heterocycles. The average molecular weight is 240 g/mol. The van der Waals surface area contributed by atoms with Gasteiger partial charge in [-0.3, -0.25) is 4.79 Å². The Morgan fingerprint density at radius 3 is 3.29 bits per heavy atom. The highest BCUT2D eigenvalue weighted by Crippen LogP contribution is 2.13. The number of hydrogen-bond donors (Lipinski definition) is 2. The SMILES string of the molecule is O=C(O)CNCc1cn(CC2CCCO2)nn1. The van der Waals surface area contributed by atoms with Crippen LogP contribution in [0, 0.1) is 0 Å². The highest BCUT2D eigenvalue weighted by Gasteiger charge is 2.16. The Balaban J connectivity index is 1.76. The van der Waals surface area contributed by atoms with Crippen LogP contribution in [0.25, 0.3) is 0 Å². The van der Waals surface area contributed by atoms with Gasteiger partial charge in [0.05, 0.1) is 24.9 Å². The van der Waals surface area contributed by atoms with E-state index < -0.39 is 5.97 Å².